The minimum atomic E-state index is -3.06. The van der Waals surface area contributed by atoms with Gasteiger partial charge in [0.25, 0.3) is 5.91 Å². The Morgan fingerprint density at radius 3 is 2.31 bits per heavy atom. The Labute approximate surface area is 164 Å². The smallest absolute Gasteiger partial charge is 0.387 e. The highest BCUT2D eigenvalue weighted by Gasteiger charge is 2.22. The molecule has 0 aliphatic rings. The second kappa shape index (κ2) is 10.0. The van der Waals surface area contributed by atoms with Crippen molar-refractivity contribution in [3.8, 4) is 11.5 Å². The van der Waals surface area contributed by atoms with Crippen LogP contribution in [0.2, 0.25) is 0 Å². The van der Waals surface area contributed by atoms with E-state index >= 15 is 0 Å². The van der Waals surface area contributed by atoms with Gasteiger partial charge < -0.3 is 19.5 Å². The zero-order chi connectivity index (χ0) is 21.4. The molecule has 1 unspecified atom stereocenters. The minimum absolute atomic E-state index is 0.0585. The van der Waals surface area contributed by atoms with Crippen molar-refractivity contribution in [2.45, 2.75) is 19.6 Å². The molecule has 29 heavy (non-hydrogen) atoms. The summed E-state index contributed by atoms with van der Waals surface area (Å²) in [5.74, 6) is -2.14. The number of imide groups is 1. The van der Waals surface area contributed by atoms with Crippen molar-refractivity contribution in [1.82, 2.24) is 5.32 Å². The van der Waals surface area contributed by atoms with Gasteiger partial charge in [-0.15, -0.1) is 0 Å². The van der Waals surface area contributed by atoms with Gasteiger partial charge in [-0.25, -0.2) is 9.59 Å². The Morgan fingerprint density at radius 1 is 1.00 bits per heavy atom. The summed E-state index contributed by atoms with van der Waals surface area (Å²) < 4.78 is 38.9. The first-order valence-corrected chi connectivity index (χ1v) is 8.31. The summed E-state index contributed by atoms with van der Waals surface area (Å²) in [5, 5.41) is 4.49. The third-order valence-corrected chi connectivity index (χ3v) is 3.54. The normalized spacial score (nSPS) is 11.3. The topological polar surface area (TPSA) is 103 Å². The molecule has 0 aliphatic carbocycles. The molecule has 8 nitrogen and oxygen atoms in total. The second-order valence-electron chi connectivity index (χ2n) is 5.60. The Hall–Kier alpha value is -3.69. The van der Waals surface area contributed by atoms with Crippen molar-refractivity contribution < 1.29 is 37.4 Å². The maximum absolute atomic E-state index is 12.4. The van der Waals surface area contributed by atoms with Crippen LogP contribution < -0.4 is 20.1 Å². The summed E-state index contributed by atoms with van der Waals surface area (Å²) in [6.45, 7) is -1.79. The standard InChI is InChI=1S/C19H18F2N2O6/c1-11(16(24)23-19(26)22-13-6-4-3-5-7-13)28-17(25)12-8-9-14(29-18(20)21)15(10-12)27-2/h3-11,18H,1-2H3,(H2,22,23,24,26). The molecule has 3 amide bonds. The summed E-state index contributed by atoms with van der Waals surface area (Å²) >= 11 is 0. The molecule has 2 N–H and O–H groups in total. The Kier molecular flexibility index (Phi) is 7.47. The van der Waals surface area contributed by atoms with Gasteiger partial charge in [0.1, 0.15) is 0 Å². The SMILES string of the molecule is COc1cc(C(=O)OC(C)C(=O)NC(=O)Nc2ccccc2)ccc1OC(F)F. The Morgan fingerprint density at radius 2 is 1.69 bits per heavy atom. The van der Waals surface area contributed by atoms with Gasteiger partial charge in [0, 0.05) is 5.69 Å². The lowest BCUT2D eigenvalue weighted by molar-refractivity contribution is -0.127. The van der Waals surface area contributed by atoms with Crippen molar-refractivity contribution in [2.24, 2.45) is 0 Å². The fraction of sp³-hybridized carbons (Fsp3) is 0.211. The maximum atomic E-state index is 12.4. The van der Waals surface area contributed by atoms with E-state index in [2.05, 4.69) is 10.1 Å². The van der Waals surface area contributed by atoms with Crippen LogP contribution in [0, 0.1) is 0 Å². The average molecular weight is 408 g/mol. The lowest BCUT2D eigenvalue weighted by Gasteiger charge is -2.14. The summed E-state index contributed by atoms with van der Waals surface area (Å²) in [6, 6.07) is 11.0. The zero-order valence-corrected chi connectivity index (χ0v) is 15.5. The molecule has 1 atom stereocenters. The molecule has 0 radical (unpaired) electrons. The van der Waals surface area contributed by atoms with E-state index in [1.54, 1.807) is 30.3 Å². The lowest BCUT2D eigenvalue weighted by Crippen LogP contribution is -2.41. The number of carbonyl (C=O) groups is 3. The molecular formula is C19H18F2N2O6. The number of halogens is 2. The van der Waals surface area contributed by atoms with Crippen molar-refractivity contribution in [3.63, 3.8) is 0 Å². The number of alkyl halides is 2. The highest BCUT2D eigenvalue weighted by Crippen LogP contribution is 2.29. The number of para-hydroxylation sites is 1. The molecule has 0 aliphatic heterocycles. The van der Waals surface area contributed by atoms with Gasteiger partial charge in [-0.3, -0.25) is 10.1 Å². The van der Waals surface area contributed by atoms with Crippen LogP contribution in [0.15, 0.2) is 48.5 Å². The van der Waals surface area contributed by atoms with E-state index in [0.29, 0.717) is 5.69 Å². The molecule has 154 valence electrons. The van der Waals surface area contributed by atoms with E-state index in [0.717, 1.165) is 12.1 Å². The van der Waals surface area contributed by atoms with E-state index < -0.39 is 30.6 Å². The van der Waals surface area contributed by atoms with E-state index in [4.69, 9.17) is 9.47 Å². The number of carbonyl (C=O) groups excluding carboxylic acids is 3. The van der Waals surface area contributed by atoms with Crippen molar-refractivity contribution in [1.29, 1.82) is 0 Å². The number of benzene rings is 2. The number of methoxy groups -OCH3 is 1. The van der Waals surface area contributed by atoms with Crippen LogP contribution >= 0.6 is 0 Å². The number of ether oxygens (including phenoxy) is 3. The number of esters is 1. The number of rotatable bonds is 7. The quantitative estimate of drug-likeness (QED) is 0.682. The molecule has 2 aromatic rings. The van der Waals surface area contributed by atoms with E-state index in [-0.39, 0.29) is 17.1 Å². The molecule has 0 aromatic heterocycles. The number of urea groups is 1. The molecule has 0 bridgehead atoms. The zero-order valence-electron chi connectivity index (χ0n) is 15.5. The number of hydrogen-bond donors (Lipinski definition) is 2. The Bertz CT molecular complexity index is 876. The van der Waals surface area contributed by atoms with Crippen molar-refractivity contribution in [2.75, 3.05) is 12.4 Å². The molecule has 0 fully saturated rings. The van der Waals surface area contributed by atoms with Gasteiger partial charge in [0.2, 0.25) is 0 Å². The number of amides is 3. The van der Waals surface area contributed by atoms with Crippen molar-refractivity contribution >= 4 is 23.6 Å². The molecule has 2 rings (SSSR count). The average Bonchev–Trinajstić information content (AvgIpc) is 2.68. The monoisotopic (exact) mass is 408 g/mol. The van der Waals surface area contributed by atoms with E-state index in [1.807, 2.05) is 5.32 Å². The van der Waals surface area contributed by atoms with Gasteiger partial charge in [-0.2, -0.15) is 8.78 Å². The van der Waals surface area contributed by atoms with Gasteiger partial charge in [-0.1, -0.05) is 18.2 Å². The number of nitrogens with one attached hydrogen (secondary N) is 2. The fourth-order valence-electron chi connectivity index (χ4n) is 2.17. The Balaban J connectivity index is 1.95. The molecule has 2 aromatic carbocycles. The molecular weight excluding hydrogens is 390 g/mol. The van der Waals surface area contributed by atoms with Crippen LogP contribution in [0.1, 0.15) is 17.3 Å². The molecule has 0 saturated carbocycles. The molecule has 0 heterocycles. The summed E-state index contributed by atoms with van der Waals surface area (Å²) in [6.07, 6.45) is -1.30. The molecule has 0 spiro atoms. The van der Waals surface area contributed by atoms with Gasteiger partial charge in [0.05, 0.1) is 12.7 Å². The van der Waals surface area contributed by atoms with Crippen LogP contribution in [0.25, 0.3) is 0 Å². The third-order valence-electron chi connectivity index (χ3n) is 3.54. The van der Waals surface area contributed by atoms with E-state index in [9.17, 15) is 23.2 Å². The number of anilines is 1. The predicted octanol–water partition coefficient (Wildman–Crippen LogP) is 3.19. The predicted molar refractivity (Wildman–Crippen MR) is 98.1 cm³/mol. The number of hydrogen-bond acceptors (Lipinski definition) is 6. The highest BCUT2D eigenvalue weighted by atomic mass is 19.3. The third kappa shape index (κ3) is 6.45. The maximum Gasteiger partial charge on any atom is 0.387 e. The van der Waals surface area contributed by atoms with Crippen molar-refractivity contribution in [3.05, 3.63) is 54.1 Å². The van der Waals surface area contributed by atoms with Crippen LogP contribution in [-0.2, 0) is 9.53 Å². The van der Waals surface area contributed by atoms with Crippen LogP contribution in [-0.4, -0.2) is 37.7 Å². The molecule has 10 heteroatoms. The minimum Gasteiger partial charge on any atom is -0.493 e. The summed E-state index contributed by atoms with van der Waals surface area (Å²) in [4.78, 5) is 36.0. The first-order valence-electron chi connectivity index (χ1n) is 8.31. The summed E-state index contributed by atoms with van der Waals surface area (Å²) in [5.41, 5.74) is 0.414. The highest BCUT2D eigenvalue weighted by molar-refractivity contribution is 6.03. The summed E-state index contributed by atoms with van der Waals surface area (Å²) in [7, 11) is 1.21. The fourth-order valence-corrected chi connectivity index (χ4v) is 2.17. The first kappa shape index (κ1) is 21.6. The first-order chi connectivity index (χ1) is 13.8. The van der Waals surface area contributed by atoms with Crippen LogP contribution in [0.5, 0.6) is 11.5 Å². The van der Waals surface area contributed by atoms with Gasteiger partial charge in [-0.05, 0) is 37.3 Å². The molecule has 0 saturated heterocycles. The van der Waals surface area contributed by atoms with E-state index in [1.165, 1.54) is 20.1 Å². The lowest BCUT2D eigenvalue weighted by atomic mass is 10.2. The van der Waals surface area contributed by atoms with Gasteiger partial charge >= 0.3 is 18.6 Å². The second-order valence-corrected chi connectivity index (χ2v) is 5.60. The van der Waals surface area contributed by atoms with Gasteiger partial charge in [0.15, 0.2) is 17.6 Å². The largest absolute Gasteiger partial charge is 0.493 e. The van der Waals surface area contributed by atoms with Crippen LogP contribution in [0.4, 0.5) is 19.3 Å². The van der Waals surface area contributed by atoms with Crippen LogP contribution in [0.3, 0.4) is 0 Å².